The summed E-state index contributed by atoms with van der Waals surface area (Å²) in [5.74, 6) is 1.42. The van der Waals surface area contributed by atoms with Crippen LogP contribution in [0.2, 0.25) is 0 Å². The normalized spacial score (nSPS) is 14.1. The molecule has 0 radical (unpaired) electrons. The van der Waals surface area contributed by atoms with Gasteiger partial charge in [-0.3, -0.25) is 4.68 Å². The predicted molar refractivity (Wildman–Crippen MR) is 136 cm³/mol. The Balaban J connectivity index is 1.13. The third kappa shape index (κ3) is 4.37. The van der Waals surface area contributed by atoms with Gasteiger partial charge in [0.15, 0.2) is 5.82 Å². The maximum atomic E-state index is 13.1. The van der Waals surface area contributed by atoms with Crippen LogP contribution in [0.1, 0.15) is 18.1 Å². The minimum atomic E-state index is -0.228. The molecule has 0 amide bonds. The van der Waals surface area contributed by atoms with E-state index in [0.717, 1.165) is 72.3 Å². The second kappa shape index (κ2) is 9.37. The Morgan fingerprint density at radius 3 is 2.28 bits per heavy atom. The summed E-state index contributed by atoms with van der Waals surface area (Å²) in [7, 11) is 0. The lowest BCUT2D eigenvalue weighted by atomic mass is 10.1. The van der Waals surface area contributed by atoms with Crippen molar-refractivity contribution in [2.75, 3.05) is 36.0 Å². The van der Waals surface area contributed by atoms with Gasteiger partial charge in [-0.2, -0.15) is 10.2 Å². The zero-order valence-corrected chi connectivity index (χ0v) is 20.0. The number of fused-ring (bicyclic) bond motifs is 1. The molecule has 0 N–H and O–H groups in total. The molecule has 36 heavy (non-hydrogen) atoms. The topological polar surface area (TPSA) is 80.3 Å². The fourth-order valence-electron chi connectivity index (χ4n) is 4.56. The molecule has 5 aromatic rings. The Morgan fingerprint density at radius 1 is 0.806 bits per heavy atom. The first kappa shape index (κ1) is 22.1. The van der Waals surface area contributed by atoms with Crippen LogP contribution < -0.4 is 9.80 Å². The maximum Gasteiger partial charge on any atom is 0.225 e. The number of benzene rings is 1. The number of halogens is 1. The van der Waals surface area contributed by atoms with Crippen molar-refractivity contribution in [1.29, 1.82) is 0 Å². The Morgan fingerprint density at radius 2 is 1.56 bits per heavy atom. The summed E-state index contributed by atoms with van der Waals surface area (Å²) in [6.45, 7) is 6.12. The Kier molecular flexibility index (Phi) is 5.76. The standard InChI is InChI=1S/C26H26FN9/c1-2-35-16-22(15-31-35)21-12-24-25(30-18-32-36(24)17-21)33-7-9-34(10-8-33)26-28-13-20(14-29-26)11-19-3-5-23(27)6-4-19/h3-6,12-18H,2,7-11H2,1H3. The second-order valence-corrected chi connectivity index (χ2v) is 8.90. The van der Waals surface area contributed by atoms with E-state index in [-0.39, 0.29) is 5.82 Å². The number of aryl methyl sites for hydroxylation is 1. The fraction of sp³-hybridized carbons (Fsp3) is 0.269. The number of hydrogen-bond donors (Lipinski definition) is 0. The van der Waals surface area contributed by atoms with E-state index in [2.05, 4.69) is 47.9 Å². The van der Waals surface area contributed by atoms with Crippen molar-refractivity contribution < 1.29 is 4.39 Å². The molecule has 4 aromatic heterocycles. The average Bonchev–Trinajstić information content (AvgIpc) is 3.58. The van der Waals surface area contributed by atoms with Crippen LogP contribution in [0.25, 0.3) is 16.6 Å². The van der Waals surface area contributed by atoms with Gasteiger partial charge in [-0.25, -0.2) is 23.9 Å². The zero-order valence-electron chi connectivity index (χ0n) is 20.0. The SMILES string of the molecule is CCn1cc(-c2cc3c(N4CCN(c5ncc(Cc6ccc(F)cc6)cn5)CC4)ncnn3c2)cn1. The summed E-state index contributed by atoms with van der Waals surface area (Å²) in [4.78, 5) is 18.3. The van der Waals surface area contributed by atoms with Crippen LogP contribution in [0.3, 0.4) is 0 Å². The van der Waals surface area contributed by atoms with Crippen molar-refractivity contribution in [2.24, 2.45) is 0 Å². The lowest BCUT2D eigenvalue weighted by Crippen LogP contribution is -2.47. The second-order valence-electron chi connectivity index (χ2n) is 8.90. The van der Waals surface area contributed by atoms with E-state index in [1.165, 1.54) is 12.1 Å². The molecule has 1 aliphatic heterocycles. The predicted octanol–water partition coefficient (Wildman–Crippen LogP) is 3.46. The molecule has 182 valence electrons. The van der Waals surface area contributed by atoms with Crippen molar-refractivity contribution in [1.82, 2.24) is 34.3 Å². The summed E-state index contributed by atoms with van der Waals surface area (Å²) in [6, 6.07) is 8.66. The number of piperazine rings is 1. The molecule has 1 saturated heterocycles. The number of anilines is 2. The third-order valence-corrected chi connectivity index (χ3v) is 6.55. The summed E-state index contributed by atoms with van der Waals surface area (Å²) in [5.41, 5.74) is 5.15. The highest BCUT2D eigenvalue weighted by Gasteiger charge is 2.22. The quantitative estimate of drug-likeness (QED) is 0.366. The molecule has 1 aliphatic rings. The largest absolute Gasteiger partial charge is 0.351 e. The van der Waals surface area contributed by atoms with Gasteiger partial charge < -0.3 is 9.80 Å². The van der Waals surface area contributed by atoms with Gasteiger partial charge in [0.05, 0.1) is 6.20 Å². The molecule has 0 aliphatic carbocycles. The molecule has 0 bridgehead atoms. The minimum Gasteiger partial charge on any atom is -0.351 e. The van der Waals surface area contributed by atoms with E-state index in [1.54, 1.807) is 18.5 Å². The van der Waals surface area contributed by atoms with Crippen LogP contribution in [-0.2, 0) is 13.0 Å². The molecule has 0 unspecified atom stereocenters. The molecule has 1 fully saturated rings. The van der Waals surface area contributed by atoms with Gasteiger partial charge in [-0.1, -0.05) is 12.1 Å². The van der Waals surface area contributed by atoms with Gasteiger partial charge in [0, 0.05) is 75.1 Å². The highest BCUT2D eigenvalue weighted by Crippen LogP contribution is 2.27. The van der Waals surface area contributed by atoms with Gasteiger partial charge in [0.1, 0.15) is 17.7 Å². The van der Waals surface area contributed by atoms with Gasteiger partial charge in [0.25, 0.3) is 0 Å². The molecule has 9 nitrogen and oxygen atoms in total. The molecule has 0 spiro atoms. The molecule has 1 aromatic carbocycles. The summed E-state index contributed by atoms with van der Waals surface area (Å²) in [5, 5.41) is 8.81. The van der Waals surface area contributed by atoms with E-state index >= 15 is 0 Å². The van der Waals surface area contributed by atoms with Crippen molar-refractivity contribution in [2.45, 2.75) is 19.9 Å². The number of rotatable bonds is 6. The monoisotopic (exact) mass is 483 g/mol. The first-order chi connectivity index (χ1) is 17.7. The van der Waals surface area contributed by atoms with Crippen LogP contribution >= 0.6 is 0 Å². The van der Waals surface area contributed by atoms with Crippen LogP contribution in [-0.4, -0.2) is 60.5 Å². The van der Waals surface area contributed by atoms with Crippen LogP contribution in [0, 0.1) is 5.82 Å². The zero-order chi connectivity index (χ0) is 24.5. The van der Waals surface area contributed by atoms with Crippen molar-refractivity contribution in [3.63, 3.8) is 0 Å². The first-order valence-electron chi connectivity index (χ1n) is 12.1. The van der Waals surface area contributed by atoms with Gasteiger partial charge in [-0.15, -0.1) is 0 Å². The van der Waals surface area contributed by atoms with Gasteiger partial charge >= 0.3 is 0 Å². The van der Waals surface area contributed by atoms with Gasteiger partial charge in [-0.05, 0) is 36.2 Å². The number of hydrogen-bond acceptors (Lipinski definition) is 7. The van der Waals surface area contributed by atoms with Crippen LogP contribution in [0.5, 0.6) is 0 Å². The Labute approximate surface area is 207 Å². The molecule has 6 rings (SSSR count). The maximum absolute atomic E-state index is 13.1. The van der Waals surface area contributed by atoms with Crippen molar-refractivity contribution in [3.05, 3.63) is 84.6 Å². The average molecular weight is 484 g/mol. The van der Waals surface area contributed by atoms with Gasteiger partial charge in [0.2, 0.25) is 5.95 Å². The van der Waals surface area contributed by atoms with E-state index in [4.69, 9.17) is 0 Å². The van der Waals surface area contributed by atoms with Crippen LogP contribution in [0.4, 0.5) is 16.2 Å². The number of aromatic nitrogens is 7. The Hall–Kier alpha value is -4.34. The van der Waals surface area contributed by atoms with Crippen molar-refractivity contribution >= 4 is 17.3 Å². The fourth-order valence-corrected chi connectivity index (χ4v) is 4.56. The van der Waals surface area contributed by atoms with E-state index in [0.29, 0.717) is 6.42 Å². The number of nitrogens with zero attached hydrogens (tertiary/aromatic N) is 9. The van der Waals surface area contributed by atoms with Crippen LogP contribution in [0.15, 0.2) is 67.6 Å². The molecular formula is C26H26FN9. The molecule has 0 atom stereocenters. The van der Waals surface area contributed by atoms with E-state index < -0.39 is 0 Å². The Bertz CT molecular complexity index is 1470. The lowest BCUT2D eigenvalue weighted by molar-refractivity contribution is 0.627. The third-order valence-electron chi connectivity index (χ3n) is 6.55. The highest BCUT2D eigenvalue weighted by molar-refractivity contribution is 5.77. The summed E-state index contributed by atoms with van der Waals surface area (Å²) >= 11 is 0. The highest BCUT2D eigenvalue weighted by atomic mass is 19.1. The van der Waals surface area contributed by atoms with Crippen molar-refractivity contribution in [3.8, 4) is 11.1 Å². The van der Waals surface area contributed by atoms with E-state index in [9.17, 15) is 4.39 Å². The van der Waals surface area contributed by atoms with E-state index in [1.807, 2.05) is 40.2 Å². The molecule has 10 heteroatoms. The molecular weight excluding hydrogens is 457 g/mol. The minimum absolute atomic E-state index is 0.228. The first-order valence-corrected chi connectivity index (χ1v) is 12.1. The lowest BCUT2D eigenvalue weighted by Gasteiger charge is -2.35. The smallest absolute Gasteiger partial charge is 0.225 e. The summed E-state index contributed by atoms with van der Waals surface area (Å²) < 4.78 is 16.9. The molecule has 5 heterocycles. The molecule has 0 saturated carbocycles. The summed E-state index contributed by atoms with van der Waals surface area (Å²) in [6.07, 6.45) is 12.0.